The fourth-order valence-electron chi connectivity index (χ4n) is 2.52. The third-order valence-corrected chi connectivity index (χ3v) is 4.64. The number of nitrogens with one attached hydrogen (secondary N) is 1. The van der Waals surface area contributed by atoms with Crippen molar-refractivity contribution in [3.8, 4) is 0 Å². The van der Waals surface area contributed by atoms with Gasteiger partial charge < -0.3 is 10.2 Å². The van der Waals surface area contributed by atoms with Crippen LogP contribution >= 0.6 is 11.8 Å². The highest BCUT2D eigenvalue weighted by atomic mass is 32.2. The van der Waals surface area contributed by atoms with Crippen LogP contribution in [0, 0.1) is 0 Å². The Kier molecular flexibility index (Phi) is 2.93. The van der Waals surface area contributed by atoms with Gasteiger partial charge in [-0.1, -0.05) is 18.2 Å². The van der Waals surface area contributed by atoms with Gasteiger partial charge in [0.05, 0.1) is 12.2 Å². The van der Waals surface area contributed by atoms with Gasteiger partial charge in [0.25, 0.3) is 5.91 Å². The van der Waals surface area contributed by atoms with Crippen LogP contribution in [0.25, 0.3) is 0 Å². The molecule has 0 bridgehead atoms. The molecule has 0 fully saturated rings. The number of thioether (sulfide) groups is 1. The number of hydrogen-bond acceptors (Lipinski definition) is 4. The van der Waals surface area contributed by atoms with Gasteiger partial charge in [-0.25, -0.2) is 0 Å². The van der Waals surface area contributed by atoms with Crippen molar-refractivity contribution in [3.05, 3.63) is 54.1 Å². The van der Waals surface area contributed by atoms with E-state index >= 15 is 0 Å². The number of aliphatic imine (C=N–C) groups is 1. The molecule has 4 rings (SSSR count). The SMILES string of the molecule is O=C(Nc1ccc2c(c1)N1CCN=C1S2)c1ccccc1. The lowest BCUT2D eigenvalue weighted by Crippen LogP contribution is -2.21. The summed E-state index contributed by atoms with van der Waals surface area (Å²) in [5.74, 6) is -0.0866. The van der Waals surface area contributed by atoms with Crippen LogP contribution in [-0.4, -0.2) is 24.2 Å². The van der Waals surface area contributed by atoms with Crippen LogP contribution in [0.3, 0.4) is 0 Å². The smallest absolute Gasteiger partial charge is 0.255 e. The third kappa shape index (κ3) is 2.19. The van der Waals surface area contributed by atoms with E-state index in [1.807, 2.05) is 48.5 Å². The van der Waals surface area contributed by atoms with E-state index in [-0.39, 0.29) is 5.91 Å². The molecule has 0 unspecified atom stereocenters. The molecule has 0 saturated carbocycles. The summed E-state index contributed by atoms with van der Waals surface area (Å²) >= 11 is 1.69. The molecular weight excluding hydrogens is 282 g/mol. The molecule has 0 radical (unpaired) electrons. The summed E-state index contributed by atoms with van der Waals surface area (Å²) < 4.78 is 0. The molecule has 2 aromatic rings. The molecule has 21 heavy (non-hydrogen) atoms. The summed E-state index contributed by atoms with van der Waals surface area (Å²) in [6.45, 7) is 1.77. The largest absolute Gasteiger partial charge is 0.322 e. The predicted octanol–water partition coefficient (Wildman–Crippen LogP) is 3.22. The number of amidine groups is 1. The lowest BCUT2D eigenvalue weighted by molar-refractivity contribution is 0.102. The predicted molar refractivity (Wildman–Crippen MR) is 86.3 cm³/mol. The lowest BCUT2D eigenvalue weighted by Gasteiger charge is -2.13. The first-order valence-electron chi connectivity index (χ1n) is 6.81. The van der Waals surface area contributed by atoms with Gasteiger partial charge in [0.1, 0.15) is 0 Å². The quantitative estimate of drug-likeness (QED) is 0.925. The van der Waals surface area contributed by atoms with Crippen molar-refractivity contribution in [2.75, 3.05) is 23.3 Å². The van der Waals surface area contributed by atoms with Crippen molar-refractivity contribution in [2.45, 2.75) is 4.90 Å². The number of carbonyl (C=O) groups excluding carboxylic acids is 1. The van der Waals surface area contributed by atoms with Crippen molar-refractivity contribution in [1.29, 1.82) is 0 Å². The first-order valence-corrected chi connectivity index (χ1v) is 7.63. The summed E-state index contributed by atoms with van der Waals surface area (Å²) in [7, 11) is 0. The molecule has 2 heterocycles. The summed E-state index contributed by atoms with van der Waals surface area (Å²) in [5, 5.41) is 4.02. The summed E-state index contributed by atoms with van der Waals surface area (Å²) in [5.41, 5.74) is 2.62. The molecule has 2 aliphatic rings. The molecule has 0 spiro atoms. The van der Waals surface area contributed by atoms with Gasteiger partial charge in [-0.15, -0.1) is 0 Å². The maximum atomic E-state index is 12.2. The zero-order chi connectivity index (χ0) is 14.2. The summed E-state index contributed by atoms with van der Waals surface area (Å²) in [6.07, 6.45) is 0. The zero-order valence-electron chi connectivity index (χ0n) is 11.2. The van der Waals surface area contributed by atoms with E-state index < -0.39 is 0 Å². The highest BCUT2D eigenvalue weighted by Crippen LogP contribution is 2.43. The zero-order valence-corrected chi connectivity index (χ0v) is 12.1. The van der Waals surface area contributed by atoms with Crippen LogP contribution in [0.15, 0.2) is 58.4 Å². The van der Waals surface area contributed by atoms with E-state index in [2.05, 4.69) is 15.2 Å². The Hall–Kier alpha value is -2.27. The van der Waals surface area contributed by atoms with Gasteiger partial charge in [-0.2, -0.15) is 0 Å². The van der Waals surface area contributed by atoms with E-state index in [1.165, 1.54) is 4.90 Å². The van der Waals surface area contributed by atoms with Gasteiger partial charge in [-0.3, -0.25) is 9.79 Å². The minimum atomic E-state index is -0.0866. The molecule has 0 aliphatic carbocycles. The number of fused-ring (bicyclic) bond motifs is 3. The first kappa shape index (κ1) is 12.5. The number of carbonyl (C=O) groups is 1. The highest BCUT2D eigenvalue weighted by molar-refractivity contribution is 8.14. The van der Waals surface area contributed by atoms with Crippen LogP contribution in [0.5, 0.6) is 0 Å². The van der Waals surface area contributed by atoms with E-state index in [4.69, 9.17) is 0 Å². The average Bonchev–Trinajstić information content (AvgIpc) is 3.09. The number of anilines is 2. The van der Waals surface area contributed by atoms with Crippen molar-refractivity contribution in [3.63, 3.8) is 0 Å². The lowest BCUT2D eigenvalue weighted by atomic mass is 10.2. The van der Waals surface area contributed by atoms with Gasteiger partial charge in [-0.05, 0) is 42.1 Å². The molecule has 2 aromatic carbocycles. The van der Waals surface area contributed by atoms with E-state index in [9.17, 15) is 4.79 Å². The van der Waals surface area contributed by atoms with Crippen LogP contribution in [0.2, 0.25) is 0 Å². The van der Waals surface area contributed by atoms with Crippen LogP contribution in [0.1, 0.15) is 10.4 Å². The third-order valence-electron chi connectivity index (χ3n) is 3.55. The second-order valence-corrected chi connectivity index (χ2v) is 5.93. The molecule has 0 aromatic heterocycles. The van der Waals surface area contributed by atoms with Crippen molar-refractivity contribution in [2.24, 2.45) is 4.99 Å². The Morgan fingerprint density at radius 3 is 2.90 bits per heavy atom. The minimum Gasteiger partial charge on any atom is -0.322 e. The summed E-state index contributed by atoms with van der Waals surface area (Å²) in [6, 6.07) is 15.3. The van der Waals surface area contributed by atoms with E-state index in [0.29, 0.717) is 5.56 Å². The molecule has 1 N–H and O–H groups in total. The molecule has 1 amide bonds. The Labute approximate surface area is 126 Å². The molecule has 104 valence electrons. The molecule has 0 saturated heterocycles. The molecule has 0 atom stereocenters. The normalized spacial score (nSPS) is 15.4. The van der Waals surface area contributed by atoms with Gasteiger partial charge >= 0.3 is 0 Å². The van der Waals surface area contributed by atoms with Gasteiger partial charge in [0.2, 0.25) is 0 Å². The van der Waals surface area contributed by atoms with Crippen LogP contribution < -0.4 is 10.2 Å². The maximum absolute atomic E-state index is 12.2. The highest BCUT2D eigenvalue weighted by Gasteiger charge is 2.29. The maximum Gasteiger partial charge on any atom is 0.255 e. The number of amides is 1. The fourth-order valence-corrected chi connectivity index (χ4v) is 3.58. The monoisotopic (exact) mass is 295 g/mol. The Morgan fingerprint density at radius 1 is 1.19 bits per heavy atom. The Bertz CT molecular complexity index is 742. The molecule has 4 nitrogen and oxygen atoms in total. The second-order valence-electron chi connectivity index (χ2n) is 4.92. The van der Waals surface area contributed by atoms with Crippen molar-refractivity contribution >= 4 is 34.2 Å². The molecular formula is C16H13N3OS. The molecule has 5 heteroatoms. The van der Waals surface area contributed by atoms with Crippen LogP contribution in [0.4, 0.5) is 11.4 Å². The number of nitrogens with zero attached hydrogens (tertiary/aromatic N) is 2. The standard InChI is InChI=1S/C16H13N3OS/c20-15(11-4-2-1-3-5-11)18-12-6-7-14-13(10-12)19-9-8-17-16(19)21-14/h1-7,10H,8-9H2,(H,18,20). The fraction of sp³-hybridized carbons (Fsp3) is 0.125. The first-order chi connectivity index (χ1) is 10.3. The van der Waals surface area contributed by atoms with E-state index in [0.717, 1.165) is 29.6 Å². The van der Waals surface area contributed by atoms with Crippen LogP contribution in [-0.2, 0) is 0 Å². The summed E-state index contributed by atoms with van der Waals surface area (Å²) in [4.78, 5) is 20.1. The number of benzene rings is 2. The minimum absolute atomic E-state index is 0.0866. The topological polar surface area (TPSA) is 44.7 Å². The second kappa shape index (κ2) is 4.93. The van der Waals surface area contributed by atoms with E-state index in [1.54, 1.807) is 11.8 Å². The van der Waals surface area contributed by atoms with Gasteiger partial charge in [0, 0.05) is 22.7 Å². The van der Waals surface area contributed by atoms with Crippen molar-refractivity contribution < 1.29 is 4.79 Å². The van der Waals surface area contributed by atoms with Crippen molar-refractivity contribution in [1.82, 2.24) is 0 Å². The average molecular weight is 295 g/mol. The Morgan fingerprint density at radius 2 is 2.05 bits per heavy atom. The number of hydrogen-bond donors (Lipinski definition) is 1. The number of rotatable bonds is 2. The Balaban J connectivity index is 1.59. The van der Waals surface area contributed by atoms with Gasteiger partial charge in [0.15, 0.2) is 5.17 Å². The molecule has 2 aliphatic heterocycles.